The van der Waals surface area contributed by atoms with E-state index in [9.17, 15) is 0 Å². The molecule has 0 aliphatic heterocycles. The highest BCUT2D eigenvalue weighted by Crippen LogP contribution is 1.83. The van der Waals surface area contributed by atoms with E-state index in [-0.39, 0.29) is 18.6 Å². The molecule has 0 heterocycles. The van der Waals surface area contributed by atoms with E-state index in [1.165, 1.54) is 0 Å². The van der Waals surface area contributed by atoms with Gasteiger partial charge in [0.1, 0.15) is 0 Å². The van der Waals surface area contributed by atoms with Crippen LogP contribution in [0.1, 0.15) is 0 Å². The maximum atomic E-state index is 8.34. The van der Waals surface area contributed by atoms with E-state index in [4.69, 9.17) is 10.2 Å². The van der Waals surface area contributed by atoms with E-state index in [0.717, 1.165) is 0 Å². The predicted octanol–water partition coefficient (Wildman–Crippen LogP) is -1.18. The van der Waals surface area contributed by atoms with Gasteiger partial charge in [0.15, 0.2) is 0 Å². The number of aliphatic hydroxyl groups is 2. The zero-order valence-corrected chi connectivity index (χ0v) is 5.43. The minimum absolute atomic E-state index is 0.0108. The lowest BCUT2D eigenvalue weighted by Gasteiger charge is -2.06. The summed E-state index contributed by atoms with van der Waals surface area (Å²) >= 11 is 3.89. The molecule has 3 N–H and O–H groups in total. The molecular formula is C4H11NO2S. The quantitative estimate of drug-likeness (QED) is 0.291. The van der Waals surface area contributed by atoms with E-state index in [0.29, 0.717) is 6.54 Å². The standard InChI is InChI=1S/C4H11NO2S/c6-2-1-5-4(8)3-7/h4-8H,1-3H2. The zero-order valence-electron chi connectivity index (χ0n) is 4.54. The maximum Gasteiger partial charge on any atom is 0.0737 e. The van der Waals surface area contributed by atoms with Gasteiger partial charge in [-0.25, -0.2) is 0 Å². The lowest BCUT2D eigenvalue weighted by Crippen LogP contribution is -2.29. The number of hydrogen-bond donors (Lipinski definition) is 4. The van der Waals surface area contributed by atoms with Gasteiger partial charge in [-0.1, -0.05) is 0 Å². The Hall–Kier alpha value is 0.230. The van der Waals surface area contributed by atoms with Crippen molar-refractivity contribution in [3.63, 3.8) is 0 Å². The van der Waals surface area contributed by atoms with Crippen molar-refractivity contribution in [3.05, 3.63) is 0 Å². The third kappa shape index (κ3) is 4.39. The molecule has 1 unspecified atom stereocenters. The highest BCUT2D eigenvalue weighted by atomic mass is 32.1. The zero-order chi connectivity index (χ0) is 6.41. The summed E-state index contributed by atoms with van der Waals surface area (Å²) in [6.45, 7) is 0.550. The molecule has 8 heavy (non-hydrogen) atoms. The van der Waals surface area contributed by atoms with Crippen molar-refractivity contribution < 1.29 is 10.2 Å². The first-order valence-corrected chi connectivity index (χ1v) is 2.96. The molecule has 1 atom stereocenters. The van der Waals surface area contributed by atoms with Gasteiger partial charge in [-0.2, -0.15) is 12.6 Å². The highest BCUT2D eigenvalue weighted by molar-refractivity contribution is 7.80. The molecule has 0 radical (unpaired) electrons. The average Bonchev–Trinajstić information content (AvgIpc) is 1.83. The normalized spacial score (nSPS) is 13.9. The van der Waals surface area contributed by atoms with E-state index >= 15 is 0 Å². The van der Waals surface area contributed by atoms with Gasteiger partial charge < -0.3 is 15.5 Å². The summed E-state index contributed by atoms with van der Waals surface area (Å²) < 4.78 is 0. The summed E-state index contributed by atoms with van der Waals surface area (Å²) in [5, 5.41) is 19.1. The maximum absolute atomic E-state index is 8.34. The van der Waals surface area contributed by atoms with Crippen LogP contribution in [-0.4, -0.2) is 35.3 Å². The third-order valence-corrected chi connectivity index (χ3v) is 1.01. The molecule has 0 saturated heterocycles. The lowest BCUT2D eigenvalue weighted by atomic mass is 10.6. The number of thiol groups is 1. The molecule has 0 aromatic heterocycles. The van der Waals surface area contributed by atoms with Crippen LogP contribution in [0.2, 0.25) is 0 Å². The van der Waals surface area contributed by atoms with E-state index < -0.39 is 0 Å². The van der Waals surface area contributed by atoms with Crippen LogP contribution >= 0.6 is 12.6 Å². The molecular weight excluding hydrogens is 126 g/mol. The van der Waals surface area contributed by atoms with Crippen molar-refractivity contribution in [3.8, 4) is 0 Å². The van der Waals surface area contributed by atoms with E-state index in [1.807, 2.05) is 0 Å². The van der Waals surface area contributed by atoms with Crippen molar-refractivity contribution in [1.29, 1.82) is 0 Å². The van der Waals surface area contributed by atoms with Crippen molar-refractivity contribution in [2.75, 3.05) is 19.8 Å². The molecule has 0 saturated carbocycles. The van der Waals surface area contributed by atoms with Crippen LogP contribution in [0.15, 0.2) is 0 Å². The van der Waals surface area contributed by atoms with Gasteiger partial charge in [0.05, 0.1) is 18.6 Å². The molecule has 0 spiro atoms. The molecule has 3 nitrogen and oxygen atoms in total. The van der Waals surface area contributed by atoms with Crippen molar-refractivity contribution in [1.82, 2.24) is 5.32 Å². The Morgan fingerprint density at radius 2 is 2.12 bits per heavy atom. The SMILES string of the molecule is OCCNC(S)CO. The summed E-state index contributed by atoms with van der Waals surface area (Å²) in [7, 11) is 0. The smallest absolute Gasteiger partial charge is 0.0737 e. The summed E-state index contributed by atoms with van der Waals surface area (Å²) in [5.74, 6) is 0. The van der Waals surface area contributed by atoms with Crippen molar-refractivity contribution >= 4 is 12.6 Å². The van der Waals surface area contributed by atoms with Gasteiger partial charge in [-0.15, -0.1) is 0 Å². The van der Waals surface area contributed by atoms with Gasteiger partial charge in [-0.3, -0.25) is 0 Å². The number of aliphatic hydroxyl groups excluding tert-OH is 2. The van der Waals surface area contributed by atoms with Gasteiger partial charge in [-0.05, 0) is 0 Å². The Balaban J connectivity index is 2.86. The molecule has 50 valence electrons. The summed E-state index contributed by atoms with van der Waals surface area (Å²) in [4.78, 5) is 0. The molecule has 0 fully saturated rings. The van der Waals surface area contributed by atoms with E-state index in [1.54, 1.807) is 0 Å². The Kier molecular flexibility index (Phi) is 5.52. The van der Waals surface area contributed by atoms with Gasteiger partial charge in [0.2, 0.25) is 0 Å². The third-order valence-electron chi connectivity index (χ3n) is 0.665. The van der Waals surface area contributed by atoms with Crippen LogP contribution in [-0.2, 0) is 0 Å². The van der Waals surface area contributed by atoms with Gasteiger partial charge in [0.25, 0.3) is 0 Å². The fraction of sp³-hybridized carbons (Fsp3) is 1.00. The minimum Gasteiger partial charge on any atom is -0.395 e. The topological polar surface area (TPSA) is 52.5 Å². The average molecular weight is 137 g/mol. The Labute approximate surface area is 54.1 Å². The van der Waals surface area contributed by atoms with Crippen LogP contribution < -0.4 is 5.32 Å². The summed E-state index contributed by atoms with van der Waals surface area (Å²) in [5.41, 5.74) is 0. The molecule has 0 bridgehead atoms. The van der Waals surface area contributed by atoms with E-state index in [2.05, 4.69) is 17.9 Å². The first-order valence-electron chi connectivity index (χ1n) is 2.44. The fourth-order valence-corrected chi connectivity index (χ4v) is 0.425. The van der Waals surface area contributed by atoms with Crippen molar-refractivity contribution in [2.45, 2.75) is 5.37 Å². The molecule has 0 aromatic rings. The second-order valence-electron chi connectivity index (χ2n) is 1.38. The fourth-order valence-electron chi connectivity index (χ4n) is 0.296. The molecule has 4 heteroatoms. The monoisotopic (exact) mass is 137 g/mol. The highest BCUT2D eigenvalue weighted by Gasteiger charge is 1.94. The molecule has 0 aromatic carbocycles. The number of rotatable bonds is 4. The van der Waals surface area contributed by atoms with Gasteiger partial charge in [0, 0.05) is 6.54 Å². The van der Waals surface area contributed by atoms with Crippen LogP contribution in [0.4, 0.5) is 0 Å². The Bertz CT molecular complexity index is 53.3. The number of hydrogen-bond acceptors (Lipinski definition) is 4. The predicted molar refractivity (Wildman–Crippen MR) is 34.9 cm³/mol. The first kappa shape index (κ1) is 8.23. The molecule has 0 aliphatic rings. The van der Waals surface area contributed by atoms with Gasteiger partial charge >= 0.3 is 0 Å². The molecule has 0 amide bonds. The van der Waals surface area contributed by atoms with Crippen LogP contribution in [0.25, 0.3) is 0 Å². The minimum atomic E-state index is -0.206. The summed E-state index contributed by atoms with van der Waals surface area (Å²) in [6.07, 6.45) is 0. The van der Waals surface area contributed by atoms with Crippen molar-refractivity contribution in [2.24, 2.45) is 0 Å². The first-order chi connectivity index (χ1) is 3.81. The van der Waals surface area contributed by atoms with Crippen LogP contribution in [0, 0.1) is 0 Å². The second-order valence-corrected chi connectivity index (χ2v) is 2.00. The Morgan fingerprint density at radius 3 is 2.50 bits per heavy atom. The summed E-state index contributed by atoms with van der Waals surface area (Å²) in [6, 6.07) is 0. The second kappa shape index (κ2) is 5.37. The lowest BCUT2D eigenvalue weighted by molar-refractivity contribution is 0.258. The largest absolute Gasteiger partial charge is 0.395 e. The van der Waals surface area contributed by atoms with Crippen LogP contribution in [0.3, 0.4) is 0 Å². The number of nitrogens with one attached hydrogen (secondary N) is 1. The Morgan fingerprint density at radius 1 is 1.50 bits per heavy atom. The molecule has 0 rings (SSSR count). The van der Waals surface area contributed by atoms with Crippen LogP contribution in [0.5, 0.6) is 0 Å². The molecule has 0 aliphatic carbocycles.